The molecule has 0 unspecified atom stereocenters. The third-order valence-electron chi connectivity index (χ3n) is 3.23. The summed E-state index contributed by atoms with van der Waals surface area (Å²) in [6.45, 7) is 3.24. The van der Waals surface area contributed by atoms with Crippen LogP contribution in [0.1, 0.15) is 39.0 Å². The zero-order chi connectivity index (χ0) is 12.8. The number of nitrogens with zero attached hydrogens (tertiary/aromatic N) is 2. The summed E-state index contributed by atoms with van der Waals surface area (Å²) in [7, 11) is 0. The van der Waals surface area contributed by atoms with Gasteiger partial charge in [-0.05, 0) is 19.3 Å². The first-order valence-electron chi connectivity index (χ1n) is 6.63. The normalized spacial score (nSPS) is 17.7. The Morgan fingerprint density at radius 1 is 1.39 bits per heavy atom. The van der Waals surface area contributed by atoms with Crippen LogP contribution in [0.4, 0.5) is 5.82 Å². The number of rotatable bonds is 6. The van der Waals surface area contributed by atoms with Crippen molar-refractivity contribution in [1.29, 1.82) is 0 Å². The smallest absolute Gasteiger partial charge is 0.218 e. The van der Waals surface area contributed by atoms with Crippen molar-refractivity contribution < 1.29 is 9.84 Å². The van der Waals surface area contributed by atoms with Crippen molar-refractivity contribution in [2.45, 2.75) is 44.6 Å². The van der Waals surface area contributed by atoms with Gasteiger partial charge in [-0.1, -0.05) is 19.8 Å². The largest absolute Gasteiger partial charge is 0.478 e. The standard InChI is InChI=1S/C13H21N3O2/c1-2-7-18-12-8-11(15-10-16-12)14-9-13(17)5-3-4-6-13/h8,10,17H,2-7,9H2,1H3,(H,14,15,16). The Balaban J connectivity index is 1.88. The van der Waals surface area contributed by atoms with Crippen LogP contribution in [0.5, 0.6) is 5.88 Å². The van der Waals surface area contributed by atoms with E-state index in [0.717, 1.165) is 32.1 Å². The molecule has 1 aliphatic rings. The molecular formula is C13H21N3O2. The van der Waals surface area contributed by atoms with Crippen molar-refractivity contribution in [2.24, 2.45) is 0 Å². The monoisotopic (exact) mass is 251 g/mol. The van der Waals surface area contributed by atoms with E-state index in [0.29, 0.717) is 24.8 Å². The quantitative estimate of drug-likeness (QED) is 0.809. The number of hydrogen-bond donors (Lipinski definition) is 2. The van der Waals surface area contributed by atoms with Crippen LogP contribution in [0, 0.1) is 0 Å². The van der Waals surface area contributed by atoms with E-state index < -0.39 is 5.60 Å². The Morgan fingerprint density at radius 3 is 2.89 bits per heavy atom. The molecule has 0 amide bonds. The molecular weight excluding hydrogens is 230 g/mol. The molecule has 0 bridgehead atoms. The fraction of sp³-hybridized carbons (Fsp3) is 0.692. The molecule has 2 N–H and O–H groups in total. The van der Waals surface area contributed by atoms with Gasteiger partial charge in [-0.15, -0.1) is 0 Å². The fourth-order valence-electron chi connectivity index (χ4n) is 2.19. The predicted octanol–water partition coefficient (Wildman–Crippen LogP) is 1.98. The molecule has 1 fully saturated rings. The lowest BCUT2D eigenvalue weighted by Gasteiger charge is -2.22. The zero-order valence-electron chi connectivity index (χ0n) is 10.9. The van der Waals surface area contributed by atoms with E-state index in [1.54, 1.807) is 6.07 Å². The Kier molecular flexibility index (Phi) is 4.36. The summed E-state index contributed by atoms with van der Waals surface area (Å²) >= 11 is 0. The second-order valence-electron chi connectivity index (χ2n) is 4.87. The van der Waals surface area contributed by atoms with Crippen LogP contribution in [-0.2, 0) is 0 Å². The van der Waals surface area contributed by atoms with Crippen molar-refractivity contribution in [3.05, 3.63) is 12.4 Å². The van der Waals surface area contributed by atoms with Crippen molar-refractivity contribution in [1.82, 2.24) is 9.97 Å². The van der Waals surface area contributed by atoms with Gasteiger partial charge in [0.2, 0.25) is 5.88 Å². The van der Waals surface area contributed by atoms with Gasteiger partial charge in [-0.2, -0.15) is 0 Å². The molecule has 100 valence electrons. The van der Waals surface area contributed by atoms with Crippen LogP contribution < -0.4 is 10.1 Å². The van der Waals surface area contributed by atoms with Gasteiger partial charge in [0.15, 0.2) is 0 Å². The van der Waals surface area contributed by atoms with E-state index >= 15 is 0 Å². The molecule has 0 atom stereocenters. The van der Waals surface area contributed by atoms with E-state index in [1.807, 2.05) is 0 Å². The summed E-state index contributed by atoms with van der Waals surface area (Å²) < 4.78 is 5.44. The highest BCUT2D eigenvalue weighted by Crippen LogP contribution is 2.29. The molecule has 0 aromatic carbocycles. The third-order valence-corrected chi connectivity index (χ3v) is 3.23. The Morgan fingerprint density at radius 2 is 2.17 bits per heavy atom. The van der Waals surface area contributed by atoms with Gasteiger partial charge in [0.05, 0.1) is 12.2 Å². The number of ether oxygens (including phenoxy) is 1. The van der Waals surface area contributed by atoms with Crippen molar-refractivity contribution >= 4 is 5.82 Å². The van der Waals surface area contributed by atoms with Crippen LogP contribution in [0.25, 0.3) is 0 Å². The van der Waals surface area contributed by atoms with Crippen LogP contribution in [0.3, 0.4) is 0 Å². The highest BCUT2D eigenvalue weighted by molar-refractivity contribution is 5.37. The minimum absolute atomic E-state index is 0.539. The number of aliphatic hydroxyl groups is 1. The van der Waals surface area contributed by atoms with E-state index in [1.165, 1.54) is 6.33 Å². The number of nitrogens with one attached hydrogen (secondary N) is 1. The fourth-order valence-corrected chi connectivity index (χ4v) is 2.19. The molecule has 1 aliphatic carbocycles. The van der Waals surface area contributed by atoms with Crippen LogP contribution >= 0.6 is 0 Å². The van der Waals surface area contributed by atoms with E-state index in [9.17, 15) is 5.11 Å². The summed E-state index contributed by atoms with van der Waals surface area (Å²) in [5, 5.41) is 13.4. The minimum Gasteiger partial charge on any atom is -0.478 e. The number of anilines is 1. The molecule has 18 heavy (non-hydrogen) atoms. The summed E-state index contributed by atoms with van der Waals surface area (Å²) in [4.78, 5) is 8.16. The first-order valence-corrected chi connectivity index (χ1v) is 6.63. The molecule has 0 radical (unpaired) electrons. The molecule has 0 spiro atoms. The highest BCUT2D eigenvalue weighted by Gasteiger charge is 2.30. The summed E-state index contributed by atoms with van der Waals surface area (Å²) in [5.41, 5.74) is -0.574. The van der Waals surface area contributed by atoms with Gasteiger partial charge in [-0.25, -0.2) is 9.97 Å². The molecule has 1 saturated carbocycles. The average Bonchev–Trinajstić information content (AvgIpc) is 2.82. The first kappa shape index (κ1) is 13.1. The molecule has 0 saturated heterocycles. The molecule has 5 nitrogen and oxygen atoms in total. The molecule has 1 aromatic rings. The van der Waals surface area contributed by atoms with Gasteiger partial charge in [0.1, 0.15) is 12.1 Å². The number of aromatic nitrogens is 2. The number of hydrogen-bond acceptors (Lipinski definition) is 5. The lowest BCUT2D eigenvalue weighted by Crippen LogP contribution is -2.33. The lowest BCUT2D eigenvalue weighted by molar-refractivity contribution is 0.0614. The second kappa shape index (κ2) is 6.00. The molecule has 1 aromatic heterocycles. The molecule has 2 rings (SSSR count). The maximum Gasteiger partial charge on any atom is 0.218 e. The Hall–Kier alpha value is -1.36. The molecule has 1 heterocycles. The second-order valence-corrected chi connectivity index (χ2v) is 4.87. The third kappa shape index (κ3) is 3.57. The van der Waals surface area contributed by atoms with Crippen molar-refractivity contribution in [2.75, 3.05) is 18.5 Å². The first-order chi connectivity index (χ1) is 8.72. The Bertz CT molecular complexity index is 378. The van der Waals surface area contributed by atoms with Crippen LogP contribution in [-0.4, -0.2) is 33.8 Å². The van der Waals surface area contributed by atoms with Gasteiger partial charge in [-0.3, -0.25) is 0 Å². The van der Waals surface area contributed by atoms with Crippen molar-refractivity contribution in [3.8, 4) is 5.88 Å². The maximum atomic E-state index is 10.2. The minimum atomic E-state index is -0.574. The average molecular weight is 251 g/mol. The van der Waals surface area contributed by atoms with Crippen LogP contribution in [0.15, 0.2) is 12.4 Å². The van der Waals surface area contributed by atoms with Gasteiger partial charge >= 0.3 is 0 Å². The highest BCUT2D eigenvalue weighted by atomic mass is 16.5. The summed E-state index contributed by atoms with van der Waals surface area (Å²) in [6, 6.07) is 1.77. The van der Waals surface area contributed by atoms with Crippen molar-refractivity contribution in [3.63, 3.8) is 0 Å². The van der Waals surface area contributed by atoms with E-state index in [2.05, 4.69) is 22.2 Å². The molecule has 0 aliphatic heterocycles. The van der Waals surface area contributed by atoms with Crippen LogP contribution in [0.2, 0.25) is 0 Å². The van der Waals surface area contributed by atoms with Gasteiger partial charge < -0.3 is 15.2 Å². The molecule has 5 heteroatoms. The van der Waals surface area contributed by atoms with Gasteiger partial charge in [0.25, 0.3) is 0 Å². The lowest BCUT2D eigenvalue weighted by atomic mass is 10.0. The predicted molar refractivity (Wildman–Crippen MR) is 69.7 cm³/mol. The topological polar surface area (TPSA) is 67.3 Å². The van der Waals surface area contributed by atoms with Gasteiger partial charge in [0, 0.05) is 12.6 Å². The maximum absolute atomic E-state index is 10.2. The Labute approximate surface area is 108 Å². The summed E-state index contributed by atoms with van der Waals surface area (Å²) in [5.74, 6) is 1.28. The van der Waals surface area contributed by atoms with E-state index in [4.69, 9.17) is 4.74 Å². The summed E-state index contributed by atoms with van der Waals surface area (Å²) in [6.07, 6.45) is 6.37. The van der Waals surface area contributed by atoms with E-state index in [-0.39, 0.29) is 0 Å². The zero-order valence-corrected chi connectivity index (χ0v) is 10.9. The SMILES string of the molecule is CCCOc1cc(NCC2(O)CCCC2)ncn1.